The topological polar surface area (TPSA) is 102 Å². The van der Waals surface area contributed by atoms with E-state index in [0.717, 1.165) is 6.42 Å². The zero-order valence-corrected chi connectivity index (χ0v) is 12.2. The molecule has 1 heterocycles. The Labute approximate surface area is 124 Å². The van der Waals surface area contributed by atoms with Gasteiger partial charge in [-0.3, -0.25) is 4.79 Å². The monoisotopic (exact) mass is 342 g/mol. The van der Waals surface area contributed by atoms with Gasteiger partial charge in [-0.25, -0.2) is 4.79 Å². The number of aromatic carboxylic acids is 1. The Balaban J connectivity index is 2.10. The van der Waals surface area contributed by atoms with Crippen molar-refractivity contribution in [1.82, 2.24) is 0 Å². The van der Waals surface area contributed by atoms with Crippen molar-refractivity contribution in [2.24, 2.45) is 5.73 Å². The minimum Gasteiger partial charge on any atom is -0.478 e. The Morgan fingerprint density at radius 2 is 2.20 bits per heavy atom. The molecule has 0 saturated carbocycles. The molecule has 0 aliphatic carbocycles. The number of anilines is 1. The van der Waals surface area contributed by atoms with Gasteiger partial charge >= 0.3 is 5.97 Å². The van der Waals surface area contributed by atoms with E-state index in [1.165, 1.54) is 6.07 Å². The molecule has 0 aromatic heterocycles. The maximum atomic E-state index is 12.1. The van der Waals surface area contributed by atoms with Crippen molar-refractivity contribution in [3.63, 3.8) is 0 Å². The Morgan fingerprint density at radius 3 is 2.80 bits per heavy atom. The number of halogens is 1. The van der Waals surface area contributed by atoms with Crippen molar-refractivity contribution in [2.45, 2.75) is 25.0 Å². The third-order valence-electron chi connectivity index (χ3n) is 3.13. The summed E-state index contributed by atoms with van der Waals surface area (Å²) >= 11 is 3.20. The Hall–Kier alpha value is -1.44. The van der Waals surface area contributed by atoms with Gasteiger partial charge in [-0.2, -0.15) is 0 Å². The molecule has 1 saturated heterocycles. The highest BCUT2D eigenvalue weighted by Crippen LogP contribution is 2.24. The van der Waals surface area contributed by atoms with Gasteiger partial charge in [0.15, 0.2) is 0 Å². The van der Waals surface area contributed by atoms with Gasteiger partial charge in [-0.15, -0.1) is 0 Å². The molecule has 1 aromatic carbocycles. The van der Waals surface area contributed by atoms with Crippen molar-refractivity contribution < 1.29 is 19.4 Å². The molecule has 0 radical (unpaired) electrons. The molecule has 20 heavy (non-hydrogen) atoms. The van der Waals surface area contributed by atoms with Crippen LogP contribution in [0.3, 0.4) is 0 Å². The first-order valence-electron chi connectivity index (χ1n) is 6.20. The molecule has 0 bridgehead atoms. The van der Waals surface area contributed by atoms with Crippen LogP contribution in [0.4, 0.5) is 5.69 Å². The fourth-order valence-corrected chi connectivity index (χ4v) is 2.45. The number of nitrogens with two attached hydrogens (primary N) is 1. The third-order valence-corrected chi connectivity index (χ3v) is 3.63. The summed E-state index contributed by atoms with van der Waals surface area (Å²) < 4.78 is 6.11. The Kier molecular flexibility index (Phi) is 4.74. The van der Waals surface area contributed by atoms with E-state index in [9.17, 15) is 9.59 Å². The summed E-state index contributed by atoms with van der Waals surface area (Å²) in [5, 5.41) is 11.7. The summed E-state index contributed by atoms with van der Waals surface area (Å²) in [5.74, 6) is -1.44. The molecule has 1 aromatic rings. The summed E-state index contributed by atoms with van der Waals surface area (Å²) in [5.41, 5.74) is 5.77. The number of carbonyl (C=O) groups excluding carboxylic acids is 1. The summed E-state index contributed by atoms with van der Waals surface area (Å²) in [4.78, 5) is 23.2. The van der Waals surface area contributed by atoms with Crippen LogP contribution >= 0.6 is 15.9 Å². The SMILES string of the molecule is NCC1CCC(C(=O)Nc2ccc(Br)cc2C(=O)O)O1. The molecule has 1 fully saturated rings. The predicted molar refractivity (Wildman–Crippen MR) is 76.7 cm³/mol. The van der Waals surface area contributed by atoms with E-state index in [0.29, 0.717) is 17.4 Å². The molecule has 4 N–H and O–H groups in total. The number of hydrogen-bond acceptors (Lipinski definition) is 4. The zero-order valence-electron chi connectivity index (χ0n) is 10.6. The average molecular weight is 343 g/mol. The maximum Gasteiger partial charge on any atom is 0.337 e. The van der Waals surface area contributed by atoms with Gasteiger partial charge in [0.2, 0.25) is 0 Å². The molecule has 1 aliphatic rings. The first-order chi connectivity index (χ1) is 9.51. The van der Waals surface area contributed by atoms with Crippen molar-refractivity contribution in [3.8, 4) is 0 Å². The number of amides is 1. The van der Waals surface area contributed by atoms with Gasteiger partial charge in [0, 0.05) is 11.0 Å². The third kappa shape index (κ3) is 3.36. The smallest absolute Gasteiger partial charge is 0.337 e. The van der Waals surface area contributed by atoms with E-state index in [1.54, 1.807) is 12.1 Å². The van der Waals surface area contributed by atoms with Gasteiger partial charge in [0.05, 0.1) is 17.4 Å². The fraction of sp³-hybridized carbons (Fsp3) is 0.385. The molecule has 1 amide bonds. The Bertz CT molecular complexity index is 535. The minimum atomic E-state index is -1.10. The van der Waals surface area contributed by atoms with E-state index in [4.69, 9.17) is 15.6 Å². The van der Waals surface area contributed by atoms with Crippen LogP contribution in [-0.2, 0) is 9.53 Å². The van der Waals surface area contributed by atoms with Gasteiger partial charge in [0.25, 0.3) is 5.91 Å². The second-order valence-corrected chi connectivity index (χ2v) is 5.46. The molecule has 2 rings (SSSR count). The van der Waals surface area contributed by atoms with Crippen LogP contribution in [0.2, 0.25) is 0 Å². The lowest BCUT2D eigenvalue weighted by molar-refractivity contribution is -0.126. The highest BCUT2D eigenvalue weighted by atomic mass is 79.9. The lowest BCUT2D eigenvalue weighted by Gasteiger charge is -2.14. The molecule has 2 atom stereocenters. The van der Waals surface area contributed by atoms with Crippen LogP contribution in [0.1, 0.15) is 23.2 Å². The van der Waals surface area contributed by atoms with Crippen LogP contribution < -0.4 is 11.1 Å². The summed E-state index contributed by atoms with van der Waals surface area (Å²) in [6.07, 6.45) is 0.649. The van der Waals surface area contributed by atoms with E-state index in [2.05, 4.69) is 21.2 Å². The van der Waals surface area contributed by atoms with Gasteiger partial charge in [-0.1, -0.05) is 15.9 Å². The average Bonchev–Trinajstić information content (AvgIpc) is 2.89. The quantitative estimate of drug-likeness (QED) is 0.771. The summed E-state index contributed by atoms with van der Waals surface area (Å²) in [6, 6.07) is 4.65. The van der Waals surface area contributed by atoms with Crippen molar-refractivity contribution in [1.29, 1.82) is 0 Å². The van der Waals surface area contributed by atoms with Crippen LogP contribution in [0.25, 0.3) is 0 Å². The van der Waals surface area contributed by atoms with Crippen LogP contribution in [0.5, 0.6) is 0 Å². The zero-order chi connectivity index (χ0) is 14.7. The van der Waals surface area contributed by atoms with Crippen LogP contribution in [-0.4, -0.2) is 35.7 Å². The van der Waals surface area contributed by atoms with Crippen molar-refractivity contribution >= 4 is 33.5 Å². The highest BCUT2D eigenvalue weighted by molar-refractivity contribution is 9.10. The number of carbonyl (C=O) groups is 2. The van der Waals surface area contributed by atoms with E-state index in [1.807, 2.05) is 0 Å². The van der Waals surface area contributed by atoms with E-state index in [-0.39, 0.29) is 23.3 Å². The van der Waals surface area contributed by atoms with Gasteiger partial charge < -0.3 is 20.9 Å². The molecule has 7 heteroatoms. The number of hydrogen-bond donors (Lipinski definition) is 3. The number of ether oxygens (including phenoxy) is 1. The lowest BCUT2D eigenvalue weighted by Crippen LogP contribution is -2.30. The number of carboxylic acids is 1. The second-order valence-electron chi connectivity index (χ2n) is 4.54. The molecular weight excluding hydrogens is 328 g/mol. The molecular formula is C13H15BrN2O4. The van der Waals surface area contributed by atoms with Crippen LogP contribution in [0, 0.1) is 0 Å². The van der Waals surface area contributed by atoms with E-state index < -0.39 is 12.1 Å². The first kappa shape index (κ1) is 15.0. The summed E-state index contributed by atoms with van der Waals surface area (Å²) in [6.45, 7) is 0.377. The fourth-order valence-electron chi connectivity index (χ4n) is 2.09. The molecule has 0 spiro atoms. The molecule has 108 valence electrons. The molecule has 6 nitrogen and oxygen atoms in total. The maximum absolute atomic E-state index is 12.1. The Morgan fingerprint density at radius 1 is 1.45 bits per heavy atom. The number of rotatable bonds is 4. The lowest BCUT2D eigenvalue weighted by atomic mass is 10.1. The first-order valence-corrected chi connectivity index (χ1v) is 6.99. The largest absolute Gasteiger partial charge is 0.478 e. The number of benzene rings is 1. The van der Waals surface area contributed by atoms with Crippen LogP contribution in [0.15, 0.2) is 22.7 Å². The van der Waals surface area contributed by atoms with E-state index >= 15 is 0 Å². The van der Waals surface area contributed by atoms with Gasteiger partial charge in [0.1, 0.15) is 6.10 Å². The summed E-state index contributed by atoms with van der Waals surface area (Å²) in [7, 11) is 0. The minimum absolute atomic E-state index is 0.0288. The van der Waals surface area contributed by atoms with Gasteiger partial charge in [-0.05, 0) is 31.0 Å². The van der Waals surface area contributed by atoms with Crippen molar-refractivity contribution in [3.05, 3.63) is 28.2 Å². The molecule has 1 aliphatic heterocycles. The normalized spacial score (nSPS) is 21.7. The number of nitrogens with one attached hydrogen (secondary N) is 1. The second kappa shape index (κ2) is 6.34. The highest BCUT2D eigenvalue weighted by Gasteiger charge is 2.30. The predicted octanol–water partition coefficient (Wildman–Crippen LogP) is 1.59. The molecule has 2 unspecified atom stereocenters. The van der Waals surface area contributed by atoms with Crippen molar-refractivity contribution in [2.75, 3.05) is 11.9 Å². The number of carboxylic acid groups (broad SMARTS) is 1. The standard InChI is InChI=1S/C13H15BrN2O4/c14-7-1-3-10(9(5-7)13(18)19)16-12(17)11-4-2-8(6-15)20-11/h1,3,5,8,11H,2,4,6,15H2,(H,16,17)(H,18,19).